The Hall–Kier alpha value is -0.790. The molecule has 2 heteroatoms. The number of carbonyl (C=O) groups excluding carboxylic acids is 1. The highest BCUT2D eigenvalue weighted by molar-refractivity contribution is 5.87. The molecule has 58 valence electrons. The van der Waals surface area contributed by atoms with E-state index in [2.05, 4.69) is 19.2 Å². The molecule has 0 aliphatic carbocycles. The lowest BCUT2D eigenvalue weighted by molar-refractivity contribution is -0.112. The highest BCUT2D eigenvalue weighted by Crippen LogP contribution is 1.86. The Balaban J connectivity index is 3.27. The van der Waals surface area contributed by atoms with Gasteiger partial charge in [0.1, 0.15) is 0 Å². The first kappa shape index (κ1) is 9.21. The summed E-state index contributed by atoms with van der Waals surface area (Å²) in [4.78, 5) is 10.4. The largest absolute Gasteiger partial charge is 0.391 e. The van der Waals surface area contributed by atoms with E-state index in [1.165, 1.54) is 13.0 Å². The van der Waals surface area contributed by atoms with E-state index in [0.717, 1.165) is 6.54 Å². The van der Waals surface area contributed by atoms with Crippen molar-refractivity contribution >= 4 is 5.78 Å². The lowest BCUT2D eigenvalue weighted by Crippen LogP contribution is -2.12. The van der Waals surface area contributed by atoms with Gasteiger partial charge in [-0.3, -0.25) is 4.79 Å². The summed E-state index contributed by atoms with van der Waals surface area (Å²) in [6.07, 6.45) is 3.23. The van der Waals surface area contributed by atoms with Gasteiger partial charge in [0.2, 0.25) is 0 Å². The first-order chi connectivity index (χ1) is 4.63. The molecule has 0 aromatic rings. The van der Waals surface area contributed by atoms with Crippen LogP contribution < -0.4 is 5.32 Å². The fraction of sp³-hybridized carbons (Fsp3) is 0.625. The zero-order chi connectivity index (χ0) is 7.98. The minimum Gasteiger partial charge on any atom is -0.391 e. The van der Waals surface area contributed by atoms with Gasteiger partial charge in [-0.25, -0.2) is 0 Å². The average molecular weight is 141 g/mol. The second kappa shape index (κ2) is 5.03. The number of hydrogen-bond acceptors (Lipinski definition) is 2. The number of nitrogens with one attached hydrogen (secondary N) is 1. The van der Waals surface area contributed by atoms with Crippen LogP contribution in [0.1, 0.15) is 20.8 Å². The first-order valence-corrected chi connectivity index (χ1v) is 3.53. The zero-order valence-corrected chi connectivity index (χ0v) is 6.85. The summed E-state index contributed by atoms with van der Waals surface area (Å²) in [7, 11) is 0. The molecule has 0 aromatic carbocycles. The van der Waals surface area contributed by atoms with Crippen LogP contribution >= 0.6 is 0 Å². The van der Waals surface area contributed by atoms with Crippen molar-refractivity contribution in [3.8, 4) is 0 Å². The van der Waals surface area contributed by atoms with E-state index in [1.54, 1.807) is 6.20 Å². The molecule has 0 rings (SSSR count). The lowest BCUT2D eigenvalue weighted by atomic mass is 10.2. The van der Waals surface area contributed by atoms with Crippen molar-refractivity contribution in [1.82, 2.24) is 5.32 Å². The third-order valence-corrected chi connectivity index (χ3v) is 0.962. The van der Waals surface area contributed by atoms with E-state index in [4.69, 9.17) is 0 Å². The predicted molar refractivity (Wildman–Crippen MR) is 42.7 cm³/mol. The smallest absolute Gasteiger partial charge is 0.154 e. The molecule has 0 saturated carbocycles. The average Bonchev–Trinajstić information content (AvgIpc) is 1.79. The van der Waals surface area contributed by atoms with E-state index >= 15 is 0 Å². The standard InChI is InChI=1S/C8H15NO/c1-7(2)6-9-5-4-8(3)10/h4-5,7,9H,6H2,1-3H3. The molecule has 0 aliphatic heterocycles. The molecule has 0 radical (unpaired) electrons. The molecule has 10 heavy (non-hydrogen) atoms. The molecule has 0 saturated heterocycles. The van der Waals surface area contributed by atoms with Crippen LogP contribution in [-0.4, -0.2) is 12.3 Å². The molecule has 0 aliphatic rings. The maximum atomic E-state index is 10.4. The number of rotatable bonds is 4. The molecular weight excluding hydrogens is 126 g/mol. The summed E-state index contributed by atoms with van der Waals surface area (Å²) >= 11 is 0. The summed E-state index contributed by atoms with van der Waals surface area (Å²) < 4.78 is 0. The van der Waals surface area contributed by atoms with E-state index in [9.17, 15) is 4.79 Å². The maximum absolute atomic E-state index is 10.4. The van der Waals surface area contributed by atoms with Crippen molar-refractivity contribution < 1.29 is 4.79 Å². The van der Waals surface area contributed by atoms with E-state index in [0.29, 0.717) is 5.92 Å². The zero-order valence-electron chi connectivity index (χ0n) is 6.85. The number of ketones is 1. The van der Waals surface area contributed by atoms with Crippen LogP contribution in [0.2, 0.25) is 0 Å². The highest BCUT2D eigenvalue weighted by Gasteiger charge is 1.87. The number of hydrogen-bond donors (Lipinski definition) is 1. The molecule has 0 atom stereocenters. The molecule has 0 unspecified atom stereocenters. The Morgan fingerprint density at radius 3 is 2.60 bits per heavy atom. The molecule has 1 N–H and O–H groups in total. The summed E-state index contributed by atoms with van der Waals surface area (Å²) in [5, 5.41) is 3.01. The van der Waals surface area contributed by atoms with Crippen molar-refractivity contribution in [3.05, 3.63) is 12.3 Å². The van der Waals surface area contributed by atoms with Crippen LogP contribution in [0.5, 0.6) is 0 Å². The Morgan fingerprint density at radius 1 is 1.60 bits per heavy atom. The van der Waals surface area contributed by atoms with Crippen molar-refractivity contribution in [2.75, 3.05) is 6.54 Å². The summed E-state index contributed by atoms with van der Waals surface area (Å²) in [6, 6.07) is 0. The van der Waals surface area contributed by atoms with Gasteiger partial charge in [-0.05, 0) is 25.1 Å². The minimum absolute atomic E-state index is 0.0799. The molecule has 0 amide bonds. The Morgan fingerprint density at radius 2 is 2.20 bits per heavy atom. The van der Waals surface area contributed by atoms with Crippen LogP contribution in [0.15, 0.2) is 12.3 Å². The summed E-state index contributed by atoms with van der Waals surface area (Å²) in [6.45, 7) is 6.69. The summed E-state index contributed by atoms with van der Waals surface area (Å²) in [5.41, 5.74) is 0. The maximum Gasteiger partial charge on any atom is 0.154 e. The van der Waals surface area contributed by atoms with Crippen LogP contribution in [0.25, 0.3) is 0 Å². The van der Waals surface area contributed by atoms with Gasteiger partial charge in [0.15, 0.2) is 5.78 Å². The first-order valence-electron chi connectivity index (χ1n) is 3.53. The second-order valence-electron chi connectivity index (χ2n) is 2.75. The monoisotopic (exact) mass is 141 g/mol. The van der Waals surface area contributed by atoms with E-state index in [1.807, 2.05) is 0 Å². The van der Waals surface area contributed by atoms with Crippen molar-refractivity contribution in [3.63, 3.8) is 0 Å². The third-order valence-electron chi connectivity index (χ3n) is 0.962. The Bertz CT molecular complexity index is 127. The van der Waals surface area contributed by atoms with Crippen LogP contribution in [0.3, 0.4) is 0 Å². The van der Waals surface area contributed by atoms with Crippen LogP contribution in [0, 0.1) is 5.92 Å². The lowest BCUT2D eigenvalue weighted by Gasteiger charge is -2.01. The van der Waals surface area contributed by atoms with Gasteiger partial charge < -0.3 is 5.32 Å². The third kappa shape index (κ3) is 7.21. The molecule has 0 bridgehead atoms. The minimum atomic E-state index is 0.0799. The fourth-order valence-electron chi connectivity index (χ4n) is 0.480. The highest BCUT2D eigenvalue weighted by atomic mass is 16.1. The van der Waals surface area contributed by atoms with Gasteiger partial charge >= 0.3 is 0 Å². The second-order valence-corrected chi connectivity index (χ2v) is 2.75. The van der Waals surface area contributed by atoms with Crippen LogP contribution in [0.4, 0.5) is 0 Å². The van der Waals surface area contributed by atoms with Gasteiger partial charge in [0, 0.05) is 6.54 Å². The Kier molecular flexibility index (Phi) is 4.63. The van der Waals surface area contributed by atoms with Gasteiger partial charge in [0.05, 0.1) is 0 Å². The molecular formula is C8H15NO. The molecule has 0 heterocycles. The SMILES string of the molecule is CC(=O)C=CNCC(C)C. The molecule has 2 nitrogen and oxygen atoms in total. The molecule has 0 aromatic heterocycles. The predicted octanol–water partition coefficient (Wildman–Crippen LogP) is 1.33. The van der Waals surface area contributed by atoms with Gasteiger partial charge in [0.25, 0.3) is 0 Å². The fourth-order valence-corrected chi connectivity index (χ4v) is 0.480. The van der Waals surface area contributed by atoms with Crippen molar-refractivity contribution in [2.24, 2.45) is 5.92 Å². The van der Waals surface area contributed by atoms with Crippen molar-refractivity contribution in [2.45, 2.75) is 20.8 Å². The molecule has 0 spiro atoms. The molecule has 0 fully saturated rings. The van der Waals surface area contributed by atoms with Gasteiger partial charge in [-0.15, -0.1) is 0 Å². The van der Waals surface area contributed by atoms with Gasteiger partial charge in [-0.1, -0.05) is 13.8 Å². The van der Waals surface area contributed by atoms with Crippen LogP contribution in [-0.2, 0) is 4.79 Å². The number of carbonyl (C=O) groups is 1. The Labute approximate surface area is 62.3 Å². The van der Waals surface area contributed by atoms with Gasteiger partial charge in [-0.2, -0.15) is 0 Å². The number of allylic oxidation sites excluding steroid dienone is 1. The van der Waals surface area contributed by atoms with Crippen molar-refractivity contribution in [1.29, 1.82) is 0 Å². The normalized spacial score (nSPS) is 10.8. The summed E-state index contributed by atoms with van der Waals surface area (Å²) in [5.74, 6) is 0.702. The van der Waals surface area contributed by atoms with E-state index in [-0.39, 0.29) is 5.78 Å². The topological polar surface area (TPSA) is 29.1 Å². The quantitative estimate of drug-likeness (QED) is 0.598. The van der Waals surface area contributed by atoms with E-state index < -0.39 is 0 Å².